The number of esters is 1. The van der Waals surface area contributed by atoms with Crippen LogP contribution >= 0.6 is 0 Å². The Hall–Kier alpha value is -1.92. The third-order valence-corrected chi connectivity index (χ3v) is 2.79. The Morgan fingerprint density at radius 3 is 2.71 bits per heavy atom. The molecule has 1 aromatic heterocycles. The number of aliphatic hydroxyl groups excluding tert-OH is 1. The number of hydrogen-bond acceptors (Lipinski definition) is 6. The van der Waals surface area contributed by atoms with Gasteiger partial charge in [0.1, 0.15) is 17.2 Å². The molecule has 1 aromatic carbocycles. The summed E-state index contributed by atoms with van der Waals surface area (Å²) >= 11 is 0. The molecule has 0 spiro atoms. The van der Waals surface area contributed by atoms with Gasteiger partial charge in [-0.05, 0) is 32.9 Å². The summed E-state index contributed by atoms with van der Waals surface area (Å²) in [6.07, 6.45) is -1.28. The predicted octanol–water partition coefficient (Wildman–Crippen LogP) is 1.92. The standard InChI is InChI=1S/C15H20N2O4/c1-15(2,3)21-12(18)8-9(16)13(19)14-17-10-6-4-5-7-11(10)20-14/h4-7,9,13,19H,8,16H2,1-3H3/t9-,13?/m0/s1. The number of ether oxygens (including phenoxy) is 1. The largest absolute Gasteiger partial charge is 0.460 e. The molecule has 2 aromatic rings. The zero-order valence-electron chi connectivity index (χ0n) is 12.4. The lowest BCUT2D eigenvalue weighted by Crippen LogP contribution is -2.34. The second-order valence-corrected chi connectivity index (χ2v) is 5.92. The van der Waals surface area contributed by atoms with Crippen LogP contribution in [0.5, 0.6) is 0 Å². The molecule has 0 aliphatic carbocycles. The van der Waals surface area contributed by atoms with E-state index in [2.05, 4.69) is 4.98 Å². The van der Waals surface area contributed by atoms with Crippen LogP contribution in [0, 0.1) is 0 Å². The Labute approximate surface area is 122 Å². The molecular weight excluding hydrogens is 272 g/mol. The summed E-state index contributed by atoms with van der Waals surface area (Å²) in [5.41, 5.74) is 6.46. The van der Waals surface area contributed by atoms with Crippen molar-refractivity contribution in [2.75, 3.05) is 0 Å². The fraction of sp³-hybridized carbons (Fsp3) is 0.467. The minimum Gasteiger partial charge on any atom is -0.460 e. The first-order chi connectivity index (χ1) is 9.76. The van der Waals surface area contributed by atoms with Crippen LogP contribution in [0.2, 0.25) is 0 Å². The Balaban J connectivity index is 2.05. The van der Waals surface area contributed by atoms with E-state index in [0.717, 1.165) is 0 Å². The van der Waals surface area contributed by atoms with Gasteiger partial charge in [0.15, 0.2) is 5.58 Å². The van der Waals surface area contributed by atoms with E-state index in [1.54, 1.807) is 32.9 Å². The maximum absolute atomic E-state index is 11.7. The molecule has 1 heterocycles. The topological polar surface area (TPSA) is 98.6 Å². The van der Waals surface area contributed by atoms with E-state index in [1.165, 1.54) is 0 Å². The maximum Gasteiger partial charge on any atom is 0.307 e. The lowest BCUT2D eigenvalue weighted by Gasteiger charge is -2.21. The highest BCUT2D eigenvalue weighted by Crippen LogP contribution is 2.23. The summed E-state index contributed by atoms with van der Waals surface area (Å²) in [6, 6.07) is 6.31. The van der Waals surface area contributed by atoms with Crippen molar-refractivity contribution in [2.24, 2.45) is 5.73 Å². The highest BCUT2D eigenvalue weighted by molar-refractivity contribution is 5.72. The van der Waals surface area contributed by atoms with Crippen molar-refractivity contribution in [3.05, 3.63) is 30.2 Å². The highest BCUT2D eigenvalue weighted by Gasteiger charge is 2.27. The third-order valence-electron chi connectivity index (χ3n) is 2.79. The van der Waals surface area contributed by atoms with Crippen LogP contribution in [0.4, 0.5) is 0 Å². The van der Waals surface area contributed by atoms with E-state index < -0.39 is 23.7 Å². The molecule has 0 fully saturated rings. The molecule has 6 heteroatoms. The van der Waals surface area contributed by atoms with E-state index >= 15 is 0 Å². The average Bonchev–Trinajstić information content (AvgIpc) is 2.78. The summed E-state index contributed by atoms with van der Waals surface area (Å²) in [4.78, 5) is 15.9. The van der Waals surface area contributed by atoms with Crippen molar-refractivity contribution in [3.63, 3.8) is 0 Å². The monoisotopic (exact) mass is 292 g/mol. The van der Waals surface area contributed by atoms with Gasteiger partial charge < -0.3 is 20.0 Å². The molecule has 0 aliphatic heterocycles. The first-order valence-corrected chi connectivity index (χ1v) is 6.77. The highest BCUT2D eigenvalue weighted by atomic mass is 16.6. The summed E-state index contributed by atoms with van der Waals surface area (Å²) < 4.78 is 10.6. The number of aromatic nitrogens is 1. The molecule has 2 atom stereocenters. The second-order valence-electron chi connectivity index (χ2n) is 5.92. The Morgan fingerprint density at radius 2 is 2.10 bits per heavy atom. The van der Waals surface area contributed by atoms with Gasteiger partial charge in [-0.25, -0.2) is 4.98 Å². The van der Waals surface area contributed by atoms with Crippen LogP contribution in [0.1, 0.15) is 39.2 Å². The van der Waals surface area contributed by atoms with Gasteiger partial charge in [0.05, 0.1) is 6.42 Å². The molecule has 0 saturated carbocycles. The number of para-hydroxylation sites is 2. The number of aliphatic hydroxyl groups is 1. The molecule has 0 bridgehead atoms. The lowest BCUT2D eigenvalue weighted by molar-refractivity contribution is -0.156. The molecule has 6 nitrogen and oxygen atoms in total. The molecule has 114 valence electrons. The SMILES string of the molecule is CC(C)(C)OC(=O)C[C@H](N)C(O)c1nc2ccccc2o1. The van der Waals surface area contributed by atoms with Crippen LogP contribution in [0.3, 0.4) is 0 Å². The van der Waals surface area contributed by atoms with Crippen molar-refractivity contribution in [1.82, 2.24) is 4.98 Å². The van der Waals surface area contributed by atoms with Crippen molar-refractivity contribution in [3.8, 4) is 0 Å². The number of rotatable bonds is 4. The quantitative estimate of drug-likeness (QED) is 0.835. The van der Waals surface area contributed by atoms with E-state index in [9.17, 15) is 9.90 Å². The lowest BCUT2D eigenvalue weighted by atomic mass is 10.1. The van der Waals surface area contributed by atoms with Gasteiger partial charge in [-0.1, -0.05) is 12.1 Å². The number of carbonyl (C=O) groups is 1. The van der Waals surface area contributed by atoms with Gasteiger partial charge in [0.25, 0.3) is 0 Å². The average molecular weight is 292 g/mol. The summed E-state index contributed by atoms with van der Waals surface area (Å²) in [6.45, 7) is 5.31. The number of nitrogens with two attached hydrogens (primary N) is 1. The minimum atomic E-state index is -1.16. The fourth-order valence-electron chi connectivity index (χ4n) is 1.89. The molecule has 2 rings (SSSR count). The number of fused-ring (bicyclic) bond motifs is 1. The van der Waals surface area contributed by atoms with E-state index in [1.807, 2.05) is 12.1 Å². The molecule has 0 amide bonds. The zero-order valence-corrected chi connectivity index (χ0v) is 12.4. The van der Waals surface area contributed by atoms with Gasteiger partial charge in [-0.3, -0.25) is 4.79 Å². The molecule has 0 radical (unpaired) electrons. The molecule has 0 saturated heterocycles. The molecule has 21 heavy (non-hydrogen) atoms. The van der Waals surface area contributed by atoms with E-state index in [0.29, 0.717) is 11.1 Å². The zero-order chi connectivity index (χ0) is 15.6. The van der Waals surface area contributed by atoms with Crippen LogP contribution in [0.25, 0.3) is 11.1 Å². The van der Waals surface area contributed by atoms with Crippen molar-refractivity contribution < 1.29 is 19.1 Å². The smallest absolute Gasteiger partial charge is 0.307 e. The first-order valence-electron chi connectivity index (χ1n) is 6.77. The minimum absolute atomic E-state index is 0.104. The first kappa shape index (κ1) is 15.5. The number of benzene rings is 1. The van der Waals surface area contributed by atoms with Gasteiger partial charge in [0.2, 0.25) is 5.89 Å². The number of carbonyl (C=O) groups excluding carboxylic acids is 1. The molecule has 1 unspecified atom stereocenters. The number of hydrogen-bond donors (Lipinski definition) is 2. The molecule has 0 aliphatic rings. The van der Waals surface area contributed by atoms with Gasteiger partial charge in [-0.2, -0.15) is 0 Å². The van der Waals surface area contributed by atoms with Gasteiger partial charge in [0, 0.05) is 6.04 Å². The number of nitrogens with zero attached hydrogens (tertiary/aromatic N) is 1. The van der Waals surface area contributed by atoms with Crippen LogP contribution in [-0.4, -0.2) is 27.7 Å². The number of oxazole rings is 1. The van der Waals surface area contributed by atoms with Crippen LogP contribution in [0.15, 0.2) is 28.7 Å². The fourth-order valence-corrected chi connectivity index (χ4v) is 1.89. The maximum atomic E-state index is 11.7. The second kappa shape index (κ2) is 5.83. The Kier molecular flexibility index (Phi) is 4.29. The van der Waals surface area contributed by atoms with Gasteiger partial charge >= 0.3 is 5.97 Å². The molecular formula is C15H20N2O4. The molecule has 3 N–H and O–H groups in total. The summed E-state index contributed by atoms with van der Waals surface area (Å²) in [5.74, 6) is -0.364. The van der Waals surface area contributed by atoms with Crippen molar-refractivity contribution >= 4 is 17.1 Å². The van der Waals surface area contributed by atoms with Crippen LogP contribution < -0.4 is 5.73 Å². The van der Waals surface area contributed by atoms with Crippen molar-refractivity contribution in [1.29, 1.82) is 0 Å². The van der Waals surface area contributed by atoms with Crippen molar-refractivity contribution in [2.45, 2.75) is 44.9 Å². The Morgan fingerprint density at radius 1 is 1.43 bits per heavy atom. The van der Waals surface area contributed by atoms with Crippen LogP contribution in [-0.2, 0) is 9.53 Å². The van der Waals surface area contributed by atoms with E-state index in [-0.39, 0.29) is 12.3 Å². The normalized spacial score (nSPS) is 14.9. The summed E-state index contributed by atoms with van der Waals surface area (Å²) in [7, 11) is 0. The summed E-state index contributed by atoms with van der Waals surface area (Å²) in [5, 5.41) is 10.1. The third kappa shape index (κ3) is 4.03. The van der Waals surface area contributed by atoms with Gasteiger partial charge in [-0.15, -0.1) is 0 Å². The Bertz CT molecular complexity index is 597. The van der Waals surface area contributed by atoms with E-state index in [4.69, 9.17) is 14.9 Å². The predicted molar refractivity (Wildman–Crippen MR) is 77.4 cm³/mol.